The molecule has 1 heterocycles. The molecule has 0 N–H and O–H groups in total. The Morgan fingerprint density at radius 1 is 0.971 bits per heavy atom. The summed E-state index contributed by atoms with van der Waals surface area (Å²) in [4.78, 5) is 25.3. The van der Waals surface area contributed by atoms with Gasteiger partial charge in [0.2, 0.25) is 0 Å². The van der Waals surface area contributed by atoms with E-state index in [9.17, 15) is 9.59 Å². The quantitative estimate of drug-likeness (QED) is 0.324. The second kappa shape index (κ2) is 9.76. The molecule has 0 saturated carbocycles. The summed E-state index contributed by atoms with van der Waals surface area (Å²) >= 11 is 0. The van der Waals surface area contributed by atoms with Gasteiger partial charge < -0.3 is 4.74 Å². The number of hydrogen-bond acceptors (Lipinski definition) is 4. The lowest BCUT2D eigenvalue weighted by Gasteiger charge is -2.19. The van der Waals surface area contributed by atoms with Gasteiger partial charge in [-0.1, -0.05) is 60.4 Å². The Morgan fingerprint density at radius 2 is 1.71 bits per heavy atom. The molecule has 0 atom stereocenters. The Morgan fingerprint density at radius 3 is 2.41 bits per heavy atom. The molecule has 0 unspecified atom stereocenters. The number of carbonyl (C=O) groups is 1. The van der Waals surface area contributed by atoms with Crippen molar-refractivity contribution in [3.05, 3.63) is 112 Å². The molecule has 0 aliphatic rings. The third-order valence-electron chi connectivity index (χ3n) is 5.14. The highest BCUT2D eigenvalue weighted by Crippen LogP contribution is 2.14. The number of aromatic nitrogens is 2. The van der Waals surface area contributed by atoms with Crippen LogP contribution >= 0.6 is 0 Å². The highest BCUT2D eigenvalue weighted by molar-refractivity contribution is 5.89. The van der Waals surface area contributed by atoms with Crippen molar-refractivity contribution in [1.82, 2.24) is 9.78 Å². The molecular formula is C29H26N2O3. The zero-order valence-corrected chi connectivity index (χ0v) is 19.5. The molecule has 5 nitrogen and oxygen atoms in total. The Balaban J connectivity index is 1.53. The summed E-state index contributed by atoms with van der Waals surface area (Å²) in [6.07, 6.45) is 2.34. The van der Waals surface area contributed by atoms with Gasteiger partial charge >= 0.3 is 5.97 Å². The molecule has 0 aliphatic heterocycles. The standard InChI is InChI=1S/C29H26N2O3/c1-29(2,3)34-28(33)24-15-13-23(14-16-24)20-31-27(32)26-18-22(12-17-25(26)19-30-31)11-7-10-21-8-5-4-6-9-21/h4-6,8-9,12-19H,10,20H2,1-3H3. The highest BCUT2D eigenvalue weighted by Gasteiger charge is 2.17. The normalized spacial score (nSPS) is 11.0. The van der Waals surface area contributed by atoms with Gasteiger partial charge in [-0.3, -0.25) is 4.79 Å². The summed E-state index contributed by atoms with van der Waals surface area (Å²) in [5, 5.41) is 5.66. The minimum absolute atomic E-state index is 0.180. The summed E-state index contributed by atoms with van der Waals surface area (Å²) in [6.45, 7) is 5.79. The second-order valence-corrected chi connectivity index (χ2v) is 9.07. The van der Waals surface area contributed by atoms with Crippen molar-refractivity contribution >= 4 is 16.7 Å². The largest absolute Gasteiger partial charge is 0.456 e. The lowest BCUT2D eigenvalue weighted by Crippen LogP contribution is -2.24. The van der Waals surface area contributed by atoms with Gasteiger partial charge in [-0.25, -0.2) is 9.48 Å². The number of rotatable bonds is 4. The van der Waals surface area contributed by atoms with Gasteiger partial charge in [-0.15, -0.1) is 0 Å². The molecule has 5 heteroatoms. The molecule has 0 amide bonds. The Hall–Kier alpha value is -4.17. The topological polar surface area (TPSA) is 61.2 Å². The SMILES string of the molecule is CC(C)(C)OC(=O)c1ccc(Cn2ncc3ccc(C#CCc4ccccc4)cc3c2=O)cc1. The first kappa shape index (κ1) is 23.0. The molecule has 0 spiro atoms. The van der Waals surface area contributed by atoms with Crippen LogP contribution in [0.15, 0.2) is 83.8 Å². The monoisotopic (exact) mass is 450 g/mol. The summed E-state index contributed by atoms with van der Waals surface area (Å²) in [7, 11) is 0. The maximum Gasteiger partial charge on any atom is 0.338 e. The van der Waals surface area contributed by atoms with E-state index in [0.717, 1.165) is 22.1 Å². The fourth-order valence-corrected chi connectivity index (χ4v) is 3.47. The number of ether oxygens (including phenoxy) is 1. The molecule has 0 radical (unpaired) electrons. The van der Waals surface area contributed by atoms with Crippen molar-refractivity contribution < 1.29 is 9.53 Å². The van der Waals surface area contributed by atoms with Crippen LogP contribution in [0.2, 0.25) is 0 Å². The van der Waals surface area contributed by atoms with Crippen molar-refractivity contribution in [1.29, 1.82) is 0 Å². The predicted molar refractivity (Wildman–Crippen MR) is 134 cm³/mol. The predicted octanol–water partition coefficient (Wildman–Crippen LogP) is 4.99. The molecule has 0 aliphatic carbocycles. The molecule has 4 rings (SSSR count). The lowest BCUT2D eigenvalue weighted by atomic mass is 10.1. The van der Waals surface area contributed by atoms with E-state index in [1.165, 1.54) is 4.68 Å². The van der Waals surface area contributed by atoms with Crippen molar-refractivity contribution in [3.8, 4) is 11.8 Å². The maximum atomic E-state index is 13.1. The first-order valence-electron chi connectivity index (χ1n) is 11.1. The minimum Gasteiger partial charge on any atom is -0.456 e. The van der Waals surface area contributed by atoms with Crippen LogP contribution in [-0.2, 0) is 17.7 Å². The van der Waals surface area contributed by atoms with E-state index < -0.39 is 5.60 Å². The van der Waals surface area contributed by atoms with Gasteiger partial charge in [0.05, 0.1) is 23.7 Å². The number of esters is 1. The fraction of sp³-hybridized carbons (Fsp3) is 0.207. The molecule has 0 fully saturated rings. The number of hydrogen-bond donors (Lipinski definition) is 0. The summed E-state index contributed by atoms with van der Waals surface area (Å²) in [6, 6.07) is 22.7. The van der Waals surface area contributed by atoms with Crippen LogP contribution in [0.25, 0.3) is 10.8 Å². The van der Waals surface area contributed by atoms with Gasteiger partial charge in [-0.2, -0.15) is 5.10 Å². The number of carbonyl (C=O) groups excluding carboxylic acids is 1. The molecule has 170 valence electrons. The van der Waals surface area contributed by atoms with Gasteiger partial charge in [0.1, 0.15) is 5.60 Å². The molecular weight excluding hydrogens is 424 g/mol. The molecule has 0 bridgehead atoms. The molecule has 4 aromatic rings. The van der Waals surface area contributed by atoms with E-state index in [4.69, 9.17) is 4.74 Å². The zero-order valence-electron chi connectivity index (χ0n) is 19.5. The number of nitrogens with zero attached hydrogens (tertiary/aromatic N) is 2. The smallest absolute Gasteiger partial charge is 0.338 e. The van der Waals surface area contributed by atoms with Gasteiger partial charge in [-0.05, 0) is 56.2 Å². The Bertz CT molecular complexity index is 1430. The summed E-state index contributed by atoms with van der Waals surface area (Å²) in [5.41, 5.74) is 2.54. The fourth-order valence-electron chi connectivity index (χ4n) is 3.47. The van der Waals surface area contributed by atoms with Gasteiger partial charge in [0.15, 0.2) is 0 Å². The van der Waals surface area contributed by atoms with Crippen molar-refractivity contribution in [3.63, 3.8) is 0 Å². The third-order valence-corrected chi connectivity index (χ3v) is 5.14. The first-order valence-corrected chi connectivity index (χ1v) is 11.1. The zero-order chi connectivity index (χ0) is 24.1. The van der Waals surface area contributed by atoms with Crippen LogP contribution < -0.4 is 5.56 Å². The van der Waals surface area contributed by atoms with E-state index in [0.29, 0.717) is 23.9 Å². The van der Waals surface area contributed by atoms with E-state index in [-0.39, 0.29) is 11.5 Å². The second-order valence-electron chi connectivity index (χ2n) is 9.07. The van der Waals surface area contributed by atoms with Gasteiger partial charge in [0, 0.05) is 17.4 Å². The van der Waals surface area contributed by atoms with Crippen LogP contribution in [0.5, 0.6) is 0 Å². The van der Waals surface area contributed by atoms with Crippen LogP contribution in [0.3, 0.4) is 0 Å². The van der Waals surface area contributed by atoms with E-state index >= 15 is 0 Å². The molecule has 34 heavy (non-hydrogen) atoms. The number of benzene rings is 3. The summed E-state index contributed by atoms with van der Waals surface area (Å²) < 4.78 is 6.82. The highest BCUT2D eigenvalue weighted by atomic mass is 16.6. The third kappa shape index (κ3) is 5.79. The first-order chi connectivity index (χ1) is 16.3. The summed E-state index contributed by atoms with van der Waals surface area (Å²) in [5.74, 6) is 5.95. The van der Waals surface area contributed by atoms with Crippen LogP contribution in [-0.4, -0.2) is 21.4 Å². The van der Waals surface area contributed by atoms with Crippen molar-refractivity contribution in [2.75, 3.05) is 0 Å². The van der Waals surface area contributed by atoms with Crippen molar-refractivity contribution in [2.45, 2.75) is 39.3 Å². The number of fused-ring (bicyclic) bond motifs is 1. The van der Waals surface area contributed by atoms with Crippen LogP contribution in [0, 0.1) is 11.8 Å². The minimum atomic E-state index is -0.553. The van der Waals surface area contributed by atoms with Crippen LogP contribution in [0.1, 0.15) is 47.8 Å². The average Bonchev–Trinajstić information content (AvgIpc) is 2.81. The van der Waals surface area contributed by atoms with Gasteiger partial charge in [0.25, 0.3) is 5.56 Å². The Kier molecular flexibility index (Phi) is 6.60. The van der Waals surface area contributed by atoms with E-state index in [1.54, 1.807) is 18.3 Å². The lowest BCUT2D eigenvalue weighted by molar-refractivity contribution is 0.00695. The van der Waals surface area contributed by atoms with Crippen LogP contribution in [0.4, 0.5) is 0 Å². The van der Waals surface area contributed by atoms with Crippen molar-refractivity contribution in [2.24, 2.45) is 0 Å². The molecule has 1 aromatic heterocycles. The van der Waals surface area contributed by atoms with E-state index in [1.807, 2.05) is 81.4 Å². The average molecular weight is 451 g/mol. The maximum absolute atomic E-state index is 13.1. The Labute approximate surface area is 199 Å². The van der Waals surface area contributed by atoms with E-state index in [2.05, 4.69) is 16.9 Å². The molecule has 0 saturated heterocycles. The molecule has 3 aromatic carbocycles.